The molecule has 1 unspecified atom stereocenters. The number of ether oxygens (including phenoxy) is 1. The molecule has 0 aromatic carbocycles. The van der Waals surface area contributed by atoms with E-state index in [1.807, 2.05) is 6.07 Å². The molecule has 2 rings (SSSR count). The van der Waals surface area contributed by atoms with E-state index >= 15 is 0 Å². The molecule has 0 radical (unpaired) electrons. The summed E-state index contributed by atoms with van der Waals surface area (Å²) in [5.41, 5.74) is 0. The van der Waals surface area contributed by atoms with E-state index in [9.17, 15) is 0 Å². The lowest BCUT2D eigenvalue weighted by Gasteiger charge is -2.12. The number of nitrogens with one attached hydrogen (secondary N) is 1. The van der Waals surface area contributed by atoms with E-state index in [2.05, 4.69) is 27.2 Å². The third-order valence-corrected chi connectivity index (χ3v) is 2.91. The van der Waals surface area contributed by atoms with Crippen molar-refractivity contribution in [2.75, 3.05) is 39.1 Å². The Morgan fingerprint density at radius 2 is 2.44 bits per heavy atom. The number of rotatable bonds is 4. The maximum Gasteiger partial charge on any atom is 0.218 e. The predicted molar refractivity (Wildman–Crippen MR) is 62.7 cm³/mol. The summed E-state index contributed by atoms with van der Waals surface area (Å²) >= 11 is 0. The lowest BCUT2D eigenvalue weighted by atomic mass is 10.1. The van der Waals surface area contributed by atoms with Gasteiger partial charge in [-0.25, -0.2) is 9.97 Å². The zero-order valence-corrected chi connectivity index (χ0v) is 9.81. The van der Waals surface area contributed by atoms with E-state index in [1.165, 1.54) is 19.3 Å². The van der Waals surface area contributed by atoms with Gasteiger partial charge in [-0.15, -0.1) is 0 Å². The lowest BCUT2D eigenvalue weighted by molar-refractivity contribution is 0.396. The van der Waals surface area contributed by atoms with Crippen molar-refractivity contribution in [3.63, 3.8) is 0 Å². The van der Waals surface area contributed by atoms with Crippen LogP contribution in [0.15, 0.2) is 12.4 Å². The van der Waals surface area contributed by atoms with Gasteiger partial charge in [0, 0.05) is 19.2 Å². The van der Waals surface area contributed by atoms with Crippen LogP contribution in [0.1, 0.15) is 6.42 Å². The fourth-order valence-corrected chi connectivity index (χ4v) is 1.99. The van der Waals surface area contributed by atoms with Gasteiger partial charge in [-0.3, -0.25) is 0 Å². The van der Waals surface area contributed by atoms with Gasteiger partial charge in [-0.05, 0) is 25.9 Å². The normalized spacial score (nSPS) is 21.0. The van der Waals surface area contributed by atoms with Crippen LogP contribution in [0.3, 0.4) is 0 Å². The highest BCUT2D eigenvalue weighted by molar-refractivity contribution is 5.36. The van der Waals surface area contributed by atoms with Crippen molar-refractivity contribution in [2.45, 2.75) is 6.42 Å². The SMILES string of the molecule is COc1cc(NCC2CCN(C)C2)ncn1. The van der Waals surface area contributed by atoms with Crippen LogP contribution in [0.5, 0.6) is 5.88 Å². The Bertz CT molecular complexity index is 345. The van der Waals surface area contributed by atoms with Crippen molar-refractivity contribution in [1.82, 2.24) is 14.9 Å². The molecule has 1 atom stereocenters. The second kappa shape index (κ2) is 5.12. The van der Waals surface area contributed by atoms with Crippen molar-refractivity contribution in [1.29, 1.82) is 0 Å². The number of hydrogen-bond acceptors (Lipinski definition) is 5. The summed E-state index contributed by atoms with van der Waals surface area (Å²) in [4.78, 5) is 10.5. The zero-order valence-electron chi connectivity index (χ0n) is 9.81. The second-order valence-electron chi connectivity index (χ2n) is 4.24. The van der Waals surface area contributed by atoms with Gasteiger partial charge in [-0.2, -0.15) is 0 Å². The summed E-state index contributed by atoms with van der Waals surface area (Å²) in [6.07, 6.45) is 2.77. The van der Waals surface area contributed by atoms with E-state index in [-0.39, 0.29) is 0 Å². The lowest BCUT2D eigenvalue weighted by Crippen LogP contribution is -2.19. The molecule has 1 aliphatic rings. The molecule has 1 saturated heterocycles. The molecule has 1 fully saturated rings. The van der Waals surface area contributed by atoms with Gasteiger partial charge >= 0.3 is 0 Å². The first-order chi connectivity index (χ1) is 7.78. The molecule has 2 heterocycles. The Hall–Kier alpha value is -1.36. The summed E-state index contributed by atoms with van der Waals surface area (Å²) in [7, 11) is 3.77. The summed E-state index contributed by atoms with van der Waals surface area (Å²) < 4.78 is 5.04. The minimum absolute atomic E-state index is 0.598. The molecular formula is C11H18N4O. The Kier molecular flexibility index (Phi) is 3.56. The van der Waals surface area contributed by atoms with Gasteiger partial charge in [0.15, 0.2) is 0 Å². The van der Waals surface area contributed by atoms with Crippen LogP contribution < -0.4 is 10.1 Å². The number of anilines is 1. The Balaban J connectivity index is 1.84. The van der Waals surface area contributed by atoms with Gasteiger partial charge in [-0.1, -0.05) is 0 Å². The average molecular weight is 222 g/mol. The van der Waals surface area contributed by atoms with Crippen LogP contribution in [-0.2, 0) is 0 Å². The van der Waals surface area contributed by atoms with Crippen LogP contribution in [0.4, 0.5) is 5.82 Å². The Morgan fingerprint density at radius 3 is 3.12 bits per heavy atom. The fourth-order valence-electron chi connectivity index (χ4n) is 1.99. The molecule has 5 nitrogen and oxygen atoms in total. The van der Waals surface area contributed by atoms with Gasteiger partial charge in [0.2, 0.25) is 5.88 Å². The first-order valence-corrected chi connectivity index (χ1v) is 5.56. The molecular weight excluding hydrogens is 204 g/mol. The number of hydrogen-bond donors (Lipinski definition) is 1. The minimum atomic E-state index is 0.598. The van der Waals surface area contributed by atoms with Crippen LogP contribution in [0, 0.1) is 5.92 Å². The van der Waals surface area contributed by atoms with Crippen molar-refractivity contribution in [3.05, 3.63) is 12.4 Å². The molecule has 0 saturated carbocycles. The van der Waals surface area contributed by atoms with E-state index in [1.54, 1.807) is 7.11 Å². The van der Waals surface area contributed by atoms with Gasteiger partial charge < -0.3 is 15.0 Å². The average Bonchev–Trinajstić information content (AvgIpc) is 2.73. The number of likely N-dealkylation sites (tertiary alicyclic amines) is 1. The van der Waals surface area contributed by atoms with Crippen molar-refractivity contribution in [2.24, 2.45) is 5.92 Å². The monoisotopic (exact) mass is 222 g/mol. The summed E-state index contributed by atoms with van der Waals surface area (Å²) in [5, 5.41) is 3.32. The summed E-state index contributed by atoms with van der Waals surface area (Å²) in [6, 6.07) is 1.82. The molecule has 0 bridgehead atoms. The molecule has 0 amide bonds. The van der Waals surface area contributed by atoms with E-state index < -0.39 is 0 Å². The largest absolute Gasteiger partial charge is 0.481 e. The molecule has 16 heavy (non-hydrogen) atoms. The van der Waals surface area contributed by atoms with Gasteiger partial charge in [0.05, 0.1) is 7.11 Å². The molecule has 0 aliphatic carbocycles. The van der Waals surface area contributed by atoms with Crippen molar-refractivity contribution in [3.8, 4) is 5.88 Å². The smallest absolute Gasteiger partial charge is 0.218 e. The predicted octanol–water partition coefficient (Wildman–Crippen LogP) is 0.849. The van der Waals surface area contributed by atoms with Crippen LogP contribution in [0.2, 0.25) is 0 Å². The Labute approximate surface area is 95.8 Å². The summed E-state index contributed by atoms with van der Waals surface area (Å²) in [6.45, 7) is 3.32. The molecule has 1 aromatic heterocycles. The molecule has 88 valence electrons. The Morgan fingerprint density at radius 1 is 1.56 bits per heavy atom. The molecule has 1 aromatic rings. The quantitative estimate of drug-likeness (QED) is 0.818. The maximum atomic E-state index is 5.04. The summed E-state index contributed by atoms with van der Waals surface area (Å²) in [5.74, 6) is 2.15. The van der Waals surface area contributed by atoms with Crippen LogP contribution in [-0.4, -0.2) is 48.7 Å². The van der Waals surface area contributed by atoms with Crippen LogP contribution in [0.25, 0.3) is 0 Å². The van der Waals surface area contributed by atoms with Crippen LogP contribution >= 0.6 is 0 Å². The first kappa shape index (κ1) is 11.1. The number of nitrogens with zero attached hydrogens (tertiary/aromatic N) is 3. The molecule has 0 spiro atoms. The molecule has 1 N–H and O–H groups in total. The minimum Gasteiger partial charge on any atom is -0.481 e. The third-order valence-electron chi connectivity index (χ3n) is 2.91. The first-order valence-electron chi connectivity index (χ1n) is 5.56. The van der Waals surface area contributed by atoms with Crippen molar-refractivity contribution >= 4 is 5.82 Å². The fraction of sp³-hybridized carbons (Fsp3) is 0.636. The van der Waals surface area contributed by atoms with E-state index in [0.717, 1.165) is 18.9 Å². The van der Waals surface area contributed by atoms with Gasteiger partial charge in [0.25, 0.3) is 0 Å². The number of methoxy groups -OCH3 is 1. The topological polar surface area (TPSA) is 50.3 Å². The molecule has 5 heteroatoms. The highest BCUT2D eigenvalue weighted by atomic mass is 16.5. The van der Waals surface area contributed by atoms with Gasteiger partial charge in [0.1, 0.15) is 12.1 Å². The molecule has 1 aliphatic heterocycles. The van der Waals surface area contributed by atoms with Crippen molar-refractivity contribution < 1.29 is 4.74 Å². The van der Waals surface area contributed by atoms with E-state index in [4.69, 9.17) is 4.74 Å². The standard InChI is InChI=1S/C11H18N4O/c1-15-4-3-9(7-15)6-12-10-5-11(16-2)14-8-13-10/h5,8-9H,3-4,6-7H2,1-2H3,(H,12,13,14). The maximum absolute atomic E-state index is 5.04. The highest BCUT2D eigenvalue weighted by Gasteiger charge is 2.18. The van der Waals surface area contributed by atoms with E-state index in [0.29, 0.717) is 11.8 Å². The third kappa shape index (κ3) is 2.82. The highest BCUT2D eigenvalue weighted by Crippen LogP contribution is 2.16. The zero-order chi connectivity index (χ0) is 11.4. The number of aromatic nitrogens is 2. The second-order valence-corrected chi connectivity index (χ2v) is 4.24.